The van der Waals surface area contributed by atoms with Gasteiger partial charge in [-0.25, -0.2) is 4.98 Å². The molecule has 0 bridgehead atoms. The van der Waals surface area contributed by atoms with Crippen LogP contribution in [0.2, 0.25) is 0 Å². The molecular weight excluding hydrogens is 190 g/mol. The average Bonchev–Trinajstić information content (AvgIpc) is 2.70. The number of anilines is 2. The molecule has 78 valence electrons. The van der Waals surface area contributed by atoms with Gasteiger partial charge >= 0.3 is 0 Å². The lowest BCUT2D eigenvalue weighted by Crippen LogP contribution is -2.07. The standard InChI is InChI=1S/C10H13N5/c1-7(8-5-12-13-6-8)14-10-4-2-3-9(11)15-10/h2-7H,1H3,(H,12,13)(H3,11,14,15). The summed E-state index contributed by atoms with van der Waals surface area (Å²) in [5.41, 5.74) is 6.67. The SMILES string of the molecule is CC(Nc1cccc(N)n1)c1cn[nH]c1. The summed E-state index contributed by atoms with van der Waals surface area (Å²) in [6.45, 7) is 2.04. The van der Waals surface area contributed by atoms with Crippen LogP contribution in [0.15, 0.2) is 30.6 Å². The minimum Gasteiger partial charge on any atom is -0.384 e. The van der Waals surface area contributed by atoms with E-state index in [1.807, 2.05) is 25.3 Å². The van der Waals surface area contributed by atoms with Crippen molar-refractivity contribution < 1.29 is 0 Å². The molecule has 0 aliphatic rings. The normalized spacial score (nSPS) is 12.3. The Labute approximate surface area is 87.7 Å². The number of nitrogens with zero attached hydrogens (tertiary/aromatic N) is 2. The summed E-state index contributed by atoms with van der Waals surface area (Å²) in [7, 11) is 0. The summed E-state index contributed by atoms with van der Waals surface area (Å²) in [4.78, 5) is 4.16. The minimum atomic E-state index is 0.151. The zero-order valence-corrected chi connectivity index (χ0v) is 8.44. The number of nitrogens with two attached hydrogens (primary N) is 1. The van der Waals surface area contributed by atoms with Crippen LogP contribution in [0, 0.1) is 0 Å². The van der Waals surface area contributed by atoms with Crippen molar-refractivity contribution in [3.63, 3.8) is 0 Å². The third-order valence-electron chi connectivity index (χ3n) is 2.15. The molecule has 5 nitrogen and oxygen atoms in total. The number of hydrogen-bond donors (Lipinski definition) is 3. The highest BCUT2D eigenvalue weighted by Gasteiger charge is 2.06. The van der Waals surface area contributed by atoms with Gasteiger partial charge in [0.1, 0.15) is 11.6 Å². The quantitative estimate of drug-likeness (QED) is 0.707. The van der Waals surface area contributed by atoms with E-state index in [0.717, 1.165) is 11.4 Å². The Balaban J connectivity index is 2.09. The fourth-order valence-corrected chi connectivity index (χ4v) is 1.33. The number of rotatable bonds is 3. The first-order chi connectivity index (χ1) is 7.25. The highest BCUT2D eigenvalue weighted by molar-refractivity contribution is 5.43. The van der Waals surface area contributed by atoms with E-state index in [1.54, 1.807) is 12.3 Å². The van der Waals surface area contributed by atoms with Crippen LogP contribution in [0.5, 0.6) is 0 Å². The Morgan fingerprint density at radius 2 is 2.33 bits per heavy atom. The zero-order chi connectivity index (χ0) is 10.7. The second-order valence-corrected chi connectivity index (χ2v) is 3.35. The number of aromatic amines is 1. The predicted octanol–water partition coefficient (Wildman–Crippen LogP) is 1.56. The lowest BCUT2D eigenvalue weighted by Gasteiger charge is -2.12. The molecule has 0 saturated carbocycles. The number of nitrogens with one attached hydrogen (secondary N) is 2. The van der Waals surface area contributed by atoms with E-state index in [-0.39, 0.29) is 6.04 Å². The van der Waals surface area contributed by atoms with Crippen molar-refractivity contribution in [2.75, 3.05) is 11.1 Å². The van der Waals surface area contributed by atoms with Crippen molar-refractivity contribution in [3.8, 4) is 0 Å². The third-order valence-corrected chi connectivity index (χ3v) is 2.15. The van der Waals surface area contributed by atoms with Gasteiger partial charge in [0.2, 0.25) is 0 Å². The number of hydrogen-bond acceptors (Lipinski definition) is 4. The second-order valence-electron chi connectivity index (χ2n) is 3.35. The van der Waals surface area contributed by atoms with Gasteiger partial charge in [0, 0.05) is 11.8 Å². The molecule has 0 saturated heterocycles. The molecule has 2 aromatic heterocycles. The third kappa shape index (κ3) is 2.25. The van der Waals surface area contributed by atoms with Gasteiger partial charge in [0.15, 0.2) is 0 Å². The molecule has 15 heavy (non-hydrogen) atoms. The van der Waals surface area contributed by atoms with Gasteiger partial charge in [-0.15, -0.1) is 0 Å². The number of aromatic nitrogens is 3. The molecular formula is C10H13N5. The summed E-state index contributed by atoms with van der Waals surface area (Å²) in [5, 5.41) is 9.90. The molecule has 0 aliphatic heterocycles. The molecule has 2 rings (SSSR count). The van der Waals surface area contributed by atoms with Crippen LogP contribution in [0.25, 0.3) is 0 Å². The molecule has 1 unspecified atom stereocenters. The van der Waals surface area contributed by atoms with Gasteiger partial charge in [-0.1, -0.05) is 6.07 Å². The summed E-state index contributed by atoms with van der Waals surface area (Å²) in [5.74, 6) is 1.28. The molecule has 0 fully saturated rings. The van der Waals surface area contributed by atoms with Crippen molar-refractivity contribution >= 4 is 11.6 Å². The minimum absolute atomic E-state index is 0.151. The van der Waals surface area contributed by atoms with E-state index in [2.05, 4.69) is 20.5 Å². The molecule has 0 aromatic carbocycles. The van der Waals surface area contributed by atoms with Crippen LogP contribution in [0.4, 0.5) is 11.6 Å². The summed E-state index contributed by atoms with van der Waals surface area (Å²) < 4.78 is 0. The topological polar surface area (TPSA) is 79.6 Å². The molecule has 0 aliphatic carbocycles. The van der Waals surface area contributed by atoms with Crippen LogP contribution in [-0.2, 0) is 0 Å². The lowest BCUT2D eigenvalue weighted by molar-refractivity contribution is 0.876. The number of H-pyrrole nitrogens is 1. The van der Waals surface area contributed by atoms with E-state index < -0.39 is 0 Å². The fraction of sp³-hybridized carbons (Fsp3) is 0.200. The van der Waals surface area contributed by atoms with Crippen molar-refractivity contribution in [2.24, 2.45) is 0 Å². The van der Waals surface area contributed by atoms with Crippen molar-refractivity contribution in [2.45, 2.75) is 13.0 Å². The number of pyridine rings is 1. The van der Waals surface area contributed by atoms with Crippen LogP contribution in [0.3, 0.4) is 0 Å². The first-order valence-corrected chi connectivity index (χ1v) is 4.73. The van der Waals surface area contributed by atoms with Crippen molar-refractivity contribution in [3.05, 3.63) is 36.2 Å². The summed E-state index contributed by atoms with van der Waals surface area (Å²) in [6.07, 6.45) is 3.63. The fourth-order valence-electron chi connectivity index (χ4n) is 1.33. The van der Waals surface area contributed by atoms with Crippen LogP contribution >= 0.6 is 0 Å². The Hall–Kier alpha value is -2.04. The average molecular weight is 203 g/mol. The molecule has 4 N–H and O–H groups in total. The van der Waals surface area contributed by atoms with E-state index in [4.69, 9.17) is 5.73 Å². The van der Waals surface area contributed by atoms with Crippen LogP contribution < -0.4 is 11.1 Å². The van der Waals surface area contributed by atoms with E-state index in [0.29, 0.717) is 5.82 Å². The Morgan fingerprint density at radius 3 is 3.00 bits per heavy atom. The largest absolute Gasteiger partial charge is 0.384 e. The lowest BCUT2D eigenvalue weighted by atomic mass is 10.2. The maximum absolute atomic E-state index is 5.58. The number of nitrogen functional groups attached to an aromatic ring is 1. The van der Waals surface area contributed by atoms with E-state index >= 15 is 0 Å². The first kappa shape index (κ1) is 9.51. The smallest absolute Gasteiger partial charge is 0.128 e. The molecule has 2 aromatic rings. The second kappa shape index (κ2) is 4.00. The van der Waals surface area contributed by atoms with Gasteiger partial charge in [-0.3, -0.25) is 5.10 Å². The van der Waals surface area contributed by atoms with Crippen molar-refractivity contribution in [1.29, 1.82) is 0 Å². The Kier molecular flexibility index (Phi) is 2.53. The molecule has 5 heteroatoms. The van der Waals surface area contributed by atoms with Gasteiger partial charge in [0.05, 0.1) is 12.2 Å². The molecule has 0 spiro atoms. The van der Waals surface area contributed by atoms with Gasteiger partial charge in [0.25, 0.3) is 0 Å². The summed E-state index contributed by atoms with van der Waals surface area (Å²) >= 11 is 0. The maximum atomic E-state index is 5.58. The van der Waals surface area contributed by atoms with Crippen LogP contribution in [0.1, 0.15) is 18.5 Å². The highest BCUT2D eigenvalue weighted by atomic mass is 15.1. The monoisotopic (exact) mass is 203 g/mol. The van der Waals surface area contributed by atoms with E-state index in [9.17, 15) is 0 Å². The molecule has 0 radical (unpaired) electrons. The summed E-state index contributed by atoms with van der Waals surface area (Å²) in [6, 6.07) is 5.66. The maximum Gasteiger partial charge on any atom is 0.128 e. The highest BCUT2D eigenvalue weighted by Crippen LogP contribution is 2.16. The van der Waals surface area contributed by atoms with Crippen LogP contribution in [-0.4, -0.2) is 15.2 Å². The Bertz CT molecular complexity index is 423. The van der Waals surface area contributed by atoms with E-state index in [1.165, 1.54) is 0 Å². The molecule has 0 amide bonds. The van der Waals surface area contributed by atoms with Gasteiger partial charge in [-0.2, -0.15) is 5.10 Å². The molecule has 2 heterocycles. The van der Waals surface area contributed by atoms with Gasteiger partial charge < -0.3 is 11.1 Å². The van der Waals surface area contributed by atoms with Gasteiger partial charge in [-0.05, 0) is 19.1 Å². The predicted molar refractivity (Wildman–Crippen MR) is 59.3 cm³/mol. The zero-order valence-electron chi connectivity index (χ0n) is 8.44. The van der Waals surface area contributed by atoms with Crippen molar-refractivity contribution in [1.82, 2.24) is 15.2 Å². The first-order valence-electron chi connectivity index (χ1n) is 4.73. The Morgan fingerprint density at radius 1 is 1.47 bits per heavy atom. The molecule has 1 atom stereocenters.